The molecule has 2 aromatic rings. The number of pyridine rings is 1. The molecule has 0 spiro atoms. The number of hydrogen-bond acceptors (Lipinski definition) is 5. The van der Waals surface area contributed by atoms with Crippen LogP contribution in [0.25, 0.3) is 0 Å². The van der Waals surface area contributed by atoms with Gasteiger partial charge < -0.3 is 19.3 Å². The van der Waals surface area contributed by atoms with E-state index in [0.717, 1.165) is 31.2 Å². The summed E-state index contributed by atoms with van der Waals surface area (Å²) in [6, 6.07) is 3.97. The van der Waals surface area contributed by atoms with E-state index < -0.39 is 30.9 Å². The highest BCUT2D eigenvalue weighted by Crippen LogP contribution is 2.42. The first kappa shape index (κ1) is 14.2. The lowest BCUT2D eigenvalue weighted by atomic mass is 10.2. The number of rotatable bonds is 6. The monoisotopic (exact) mass is 372 g/mol. The molecule has 1 fully saturated rings. The standard InChI is InChI=1S/C17H14F3NO5/c1-24-15-6-10(26-17(18,19)20)4-5-13(15)25-14-7-12(9-2-3-9)21-8-11(14)16(22)23/h4-9H,2-3H2,1H3,(H,22,23)/i1D3. The molecule has 6 nitrogen and oxygen atoms in total. The predicted octanol–water partition coefficient (Wildman–Crippen LogP) is 4.36. The molecule has 0 atom stereocenters. The van der Waals surface area contributed by atoms with E-state index in [0.29, 0.717) is 11.8 Å². The number of nitrogens with zero attached hydrogens (tertiary/aromatic N) is 1. The predicted molar refractivity (Wildman–Crippen MR) is 82.9 cm³/mol. The maximum atomic E-state index is 12.4. The summed E-state index contributed by atoms with van der Waals surface area (Å²) in [4.78, 5) is 15.5. The van der Waals surface area contributed by atoms with Crippen molar-refractivity contribution in [3.05, 3.63) is 41.7 Å². The topological polar surface area (TPSA) is 77.9 Å². The Labute approximate surface area is 150 Å². The van der Waals surface area contributed by atoms with Crippen LogP contribution in [0.3, 0.4) is 0 Å². The number of hydrogen-bond donors (Lipinski definition) is 1. The molecule has 3 rings (SSSR count). The fourth-order valence-electron chi connectivity index (χ4n) is 2.27. The Morgan fingerprint density at radius 2 is 2.04 bits per heavy atom. The number of carbonyl (C=O) groups is 1. The summed E-state index contributed by atoms with van der Waals surface area (Å²) in [5.74, 6) is -2.92. The number of halogens is 3. The zero-order chi connectivity index (χ0) is 21.4. The van der Waals surface area contributed by atoms with E-state index in [1.54, 1.807) is 0 Å². The van der Waals surface area contributed by atoms with Crippen molar-refractivity contribution in [2.24, 2.45) is 0 Å². The van der Waals surface area contributed by atoms with Gasteiger partial charge in [-0.2, -0.15) is 0 Å². The number of aromatic nitrogens is 1. The van der Waals surface area contributed by atoms with Crippen LogP contribution in [-0.2, 0) is 0 Å². The summed E-state index contributed by atoms with van der Waals surface area (Å²) in [5.41, 5.74) is 0.296. The van der Waals surface area contributed by atoms with E-state index in [4.69, 9.17) is 13.6 Å². The van der Waals surface area contributed by atoms with Gasteiger partial charge in [-0.05, 0) is 25.0 Å². The number of carboxylic acid groups (broad SMARTS) is 1. The lowest BCUT2D eigenvalue weighted by Gasteiger charge is -2.15. The van der Waals surface area contributed by atoms with Crippen LogP contribution in [0.1, 0.15) is 38.9 Å². The van der Waals surface area contributed by atoms with Crippen LogP contribution in [-0.4, -0.2) is 29.5 Å². The number of ether oxygens (including phenoxy) is 3. The largest absolute Gasteiger partial charge is 0.573 e. The van der Waals surface area contributed by atoms with Gasteiger partial charge in [-0.15, -0.1) is 13.2 Å². The van der Waals surface area contributed by atoms with E-state index in [1.807, 2.05) is 0 Å². The second kappa shape index (κ2) is 6.74. The lowest BCUT2D eigenvalue weighted by molar-refractivity contribution is -0.274. The Morgan fingerprint density at radius 3 is 2.65 bits per heavy atom. The molecule has 1 aromatic heterocycles. The quantitative estimate of drug-likeness (QED) is 0.812. The number of carboxylic acids is 1. The molecule has 0 saturated heterocycles. The smallest absolute Gasteiger partial charge is 0.493 e. The zero-order valence-electron chi connectivity index (χ0n) is 16.0. The molecule has 1 aliphatic rings. The van der Waals surface area contributed by atoms with Gasteiger partial charge in [0.25, 0.3) is 0 Å². The van der Waals surface area contributed by atoms with Crippen molar-refractivity contribution < 1.29 is 41.4 Å². The van der Waals surface area contributed by atoms with Gasteiger partial charge in [0.1, 0.15) is 17.1 Å². The van der Waals surface area contributed by atoms with Gasteiger partial charge in [0.2, 0.25) is 0 Å². The molecular formula is C17H14F3NO5. The Hall–Kier alpha value is -2.97. The normalized spacial score (nSPS) is 16.2. The molecule has 0 amide bonds. The first-order chi connectivity index (χ1) is 13.4. The minimum atomic E-state index is -5.00. The van der Waals surface area contributed by atoms with Gasteiger partial charge in [0.15, 0.2) is 11.5 Å². The minimum absolute atomic E-state index is 0.144. The Morgan fingerprint density at radius 1 is 1.27 bits per heavy atom. The van der Waals surface area contributed by atoms with Gasteiger partial charge in [0.05, 0.1) is 11.2 Å². The molecule has 0 bridgehead atoms. The summed E-state index contributed by atoms with van der Waals surface area (Å²) in [6.45, 7) is 0. The van der Waals surface area contributed by atoms with Crippen LogP contribution in [0.15, 0.2) is 30.5 Å². The third kappa shape index (κ3) is 4.16. The van der Waals surface area contributed by atoms with Crippen molar-refractivity contribution in [1.29, 1.82) is 0 Å². The second-order valence-corrected chi connectivity index (χ2v) is 5.55. The van der Waals surface area contributed by atoms with Crippen molar-refractivity contribution in [3.8, 4) is 23.0 Å². The molecule has 0 aliphatic heterocycles. The highest BCUT2D eigenvalue weighted by molar-refractivity contribution is 5.90. The van der Waals surface area contributed by atoms with Crippen molar-refractivity contribution in [2.45, 2.75) is 25.1 Å². The van der Waals surface area contributed by atoms with Gasteiger partial charge in [-0.3, -0.25) is 4.98 Å². The Balaban J connectivity index is 1.99. The maximum absolute atomic E-state index is 12.4. The molecular weight excluding hydrogens is 355 g/mol. The van der Waals surface area contributed by atoms with E-state index in [2.05, 4.69) is 9.72 Å². The summed E-state index contributed by atoms with van der Waals surface area (Å²) in [5, 5.41) is 9.33. The molecule has 0 unspecified atom stereocenters. The fourth-order valence-corrected chi connectivity index (χ4v) is 2.27. The average Bonchev–Trinajstić information content (AvgIpc) is 3.39. The van der Waals surface area contributed by atoms with Gasteiger partial charge in [-0.1, -0.05) is 0 Å². The van der Waals surface area contributed by atoms with E-state index in [1.165, 1.54) is 6.07 Å². The van der Waals surface area contributed by atoms with Crippen molar-refractivity contribution >= 4 is 5.97 Å². The molecule has 1 N–H and O–H groups in total. The van der Waals surface area contributed by atoms with Gasteiger partial charge >= 0.3 is 12.3 Å². The molecule has 0 radical (unpaired) electrons. The minimum Gasteiger partial charge on any atom is -0.493 e. The van der Waals surface area contributed by atoms with Crippen LogP contribution >= 0.6 is 0 Å². The van der Waals surface area contributed by atoms with E-state index in [-0.39, 0.29) is 23.0 Å². The molecule has 26 heavy (non-hydrogen) atoms. The average molecular weight is 372 g/mol. The number of benzene rings is 1. The number of aromatic carboxylic acids is 1. The Kier molecular flexibility index (Phi) is 3.69. The maximum Gasteiger partial charge on any atom is 0.573 e. The fraction of sp³-hybridized carbons (Fsp3) is 0.294. The molecule has 1 aliphatic carbocycles. The van der Waals surface area contributed by atoms with Crippen LogP contribution in [0.2, 0.25) is 0 Å². The molecule has 9 heteroatoms. The van der Waals surface area contributed by atoms with Crippen molar-refractivity contribution in [1.82, 2.24) is 4.98 Å². The van der Waals surface area contributed by atoms with Crippen LogP contribution in [0, 0.1) is 0 Å². The number of methoxy groups -OCH3 is 1. The summed E-state index contributed by atoms with van der Waals surface area (Å²) >= 11 is 0. The molecule has 1 heterocycles. The highest BCUT2D eigenvalue weighted by atomic mass is 19.4. The molecule has 138 valence electrons. The molecule has 1 saturated carbocycles. The lowest BCUT2D eigenvalue weighted by Crippen LogP contribution is -2.17. The summed E-state index contributed by atoms with van der Waals surface area (Å²) < 4.78 is 72.9. The zero-order valence-corrected chi connectivity index (χ0v) is 13.0. The van der Waals surface area contributed by atoms with Gasteiger partial charge in [-0.25, -0.2) is 4.79 Å². The van der Waals surface area contributed by atoms with Crippen LogP contribution in [0.5, 0.6) is 23.0 Å². The van der Waals surface area contributed by atoms with Crippen molar-refractivity contribution in [3.63, 3.8) is 0 Å². The van der Waals surface area contributed by atoms with E-state index >= 15 is 0 Å². The van der Waals surface area contributed by atoms with E-state index in [9.17, 15) is 23.1 Å². The third-order valence-electron chi connectivity index (χ3n) is 3.59. The molecule has 1 aromatic carbocycles. The SMILES string of the molecule is [2H]C([2H])([2H])Oc1cc(OC(F)(F)F)ccc1Oc1cc(C2CC2)ncc1C(=O)O. The third-order valence-corrected chi connectivity index (χ3v) is 3.59. The van der Waals surface area contributed by atoms with Gasteiger partial charge in [0, 0.05) is 29.9 Å². The second-order valence-electron chi connectivity index (χ2n) is 5.55. The summed E-state index contributed by atoms with van der Waals surface area (Å²) in [7, 11) is -3.00. The van der Waals surface area contributed by atoms with Crippen LogP contribution < -0.4 is 14.2 Å². The van der Waals surface area contributed by atoms with Crippen LogP contribution in [0.4, 0.5) is 13.2 Å². The Bertz CT molecular complexity index is 930. The first-order valence-corrected chi connectivity index (χ1v) is 7.41. The number of alkyl halides is 3. The summed E-state index contributed by atoms with van der Waals surface area (Å²) in [6.07, 6.45) is -2.12. The van der Waals surface area contributed by atoms with Crippen molar-refractivity contribution in [2.75, 3.05) is 7.04 Å². The highest BCUT2D eigenvalue weighted by Gasteiger charge is 2.31. The first-order valence-electron chi connectivity index (χ1n) is 8.91.